The molecule has 7 aromatic rings. The number of hydrogen-bond acceptors (Lipinski definition) is 0. The lowest BCUT2D eigenvalue weighted by Crippen LogP contribution is -2.74. The molecule has 0 aliphatic rings. The predicted octanol–water partition coefficient (Wildman–Crippen LogP) is 8.83. The van der Waals surface area contributed by atoms with Crippen LogP contribution in [-0.4, -0.2) is 8.07 Å². The minimum Gasteiger partial charge on any atom is -0.0622 e. The van der Waals surface area contributed by atoms with E-state index in [2.05, 4.69) is 204 Å². The number of hydrogen-bond donors (Lipinski definition) is 0. The first kappa shape index (κ1) is 28.0. The lowest BCUT2D eigenvalue weighted by molar-refractivity contribution is 1.60. The first-order valence-electron chi connectivity index (χ1n) is 15.0. The maximum atomic E-state index is 3.70. The normalized spacial score (nSPS) is 11.3. The van der Waals surface area contributed by atoms with Crippen LogP contribution in [-0.2, 0) is 0 Å². The fourth-order valence-electron chi connectivity index (χ4n) is 6.33. The van der Waals surface area contributed by atoms with Crippen molar-refractivity contribution in [1.29, 1.82) is 0 Å². The Balaban J connectivity index is 1.45. The summed E-state index contributed by atoms with van der Waals surface area (Å²) in [6.07, 6.45) is 0. The zero-order chi connectivity index (χ0) is 29.8. The van der Waals surface area contributed by atoms with Gasteiger partial charge in [0.05, 0.1) is 0 Å². The molecule has 7 aromatic carbocycles. The summed E-state index contributed by atoms with van der Waals surface area (Å²) in [5, 5.41) is 5.44. The molecule has 0 nitrogen and oxygen atoms in total. The Morgan fingerprint density at radius 3 is 0.750 bits per heavy atom. The van der Waals surface area contributed by atoms with Gasteiger partial charge in [0, 0.05) is 4.47 Å². The van der Waals surface area contributed by atoms with Crippen LogP contribution in [0.4, 0.5) is 0 Å². The van der Waals surface area contributed by atoms with Gasteiger partial charge in [0.25, 0.3) is 0 Å². The van der Waals surface area contributed by atoms with Crippen molar-refractivity contribution in [1.82, 2.24) is 0 Å². The Bertz CT molecular complexity index is 1750. The minimum absolute atomic E-state index is 1.09. The van der Waals surface area contributed by atoms with Crippen LogP contribution in [0.1, 0.15) is 0 Å². The van der Waals surface area contributed by atoms with E-state index in [4.69, 9.17) is 0 Å². The summed E-state index contributed by atoms with van der Waals surface area (Å²) in [6, 6.07) is 68.9. The standard InChI is InChI=1S/C42H31BrSi/c43-38-22-30-42(31-23-38)44(39-24-16-35(17-25-39)32-10-4-1-5-11-32,40-26-18-36(19-27-40)33-12-6-2-7-13-33)41-28-20-37(21-29-41)34-14-8-3-9-15-34/h1-31H. The molecule has 0 radical (unpaired) electrons. The molecule has 0 atom stereocenters. The maximum absolute atomic E-state index is 3.70. The quantitative estimate of drug-likeness (QED) is 0.120. The van der Waals surface area contributed by atoms with Crippen molar-refractivity contribution in [2.24, 2.45) is 0 Å². The van der Waals surface area contributed by atoms with Gasteiger partial charge in [-0.15, -0.1) is 0 Å². The molecule has 0 heterocycles. The lowest BCUT2D eigenvalue weighted by atomic mass is 10.1. The fraction of sp³-hybridized carbons (Fsp3) is 0. The van der Waals surface area contributed by atoms with E-state index < -0.39 is 8.07 Å². The molecule has 210 valence electrons. The highest BCUT2D eigenvalue weighted by molar-refractivity contribution is 9.10. The van der Waals surface area contributed by atoms with Gasteiger partial charge in [-0.25, -0.2) is 0 Å². The zero-order valence-corrected chi connectivity index (χ0v) is 26.9. The molecule has 0 aliphatic heterocycles. The highest BCUT2D eigenvalue weighted by Crippen LogP contribution is 2.23. The van der Waals surface area contributed by atoms with Crippen LogP contribution in [0.15, 0.2) is 193 Å². The molecular weight excluding hydrogens is 612 g/mol. The third-order valence-corrected chi connectivity index (χ3v) is 13.9. The van der Waals surface area contributed by atoms with Crippen molar-refractivity contribution < 1.29 is 0 Å². The van der Waals surface area contributed by atoms with Gasteiger partial charge >= 0.3 is 0 Å². The van der Waals surface area contributed by atoms with E-state index in [1.807, 2.05) is 0 Å². The molecule has 0 unspecified atom stereocenters. The van der Waals surface area contributed by atoms with E-state index in [1.165, 1.54) is 54.1 Å². The Morgan fingerprint density at radius 1 is 0.250 bits per heavy atom. The van der Waals surface area contributed by atoms with Crippen LogP contribution < -0.4 is 20.7 Å². The predicted molar refractivity (Wildman–Crippen MR) is 194 cm³/mol. The van der Waals surface area contributed by atoms with Gasteiger partial charge in [-0.3, -0.25) is 0 Å². The minimum atomic E-state index is -2.72. The topological polar surface area (TPSA) is 0 Å². The van der Waals surface area contributed by atoms with Crippen molar-refractivity contribution in [3.8, 4) is 33.4 Å². The van der Waals surface area contributed by atoms with Crippen molar-refractivity contribution in [2.45, 2.75) is 0 Å². The second-order valence-electron chi connectivity index (χ2n) is 11.1. The average molecular weight is 644 g/mol. The molecule has 0 bridgehead atoms. The summed E-state index contributed by atoms with van der Waals surface area (Å²) in [5.41, 5.74) is 7.38. The highest BCUT2D eigenvalue weighted by atomic mass is 79.9. The molecule has 0 N–H and O–H groups in total. The molecule has 7 rings (SSSR count). The Labute approximate surface area is 269 Å². The Morgan fingerprint density at radius 2 is 0.477 bits per heavy atom. The largest absolute Gasteiger partial charge is 0.179 e. The summed E-state index contributed by atoms with van der Waals surface area (Å²) in [7, 11) is -2.72. The molecule has 0 amide bonds. The average Bonchev–Trinajstić information content (AvgIpc) is 3.11. The molecule has 0 saturated carbocycles. The van der Waals surface area contributed by atoms with Crippen molar-refractivity contribution in [2.75, 3.05) is 0 Å². The third kappa shape index (κ3) is 5.39. The summed E-state index contributed by atoms with van der Waals surface area (Å²) >= 11 is 3.70. The van der Waals surface area contributed by atoms with Crippen LogP contribution in [0.2, 0.25) is 0 Å². The first-order valence-corrected chi connectivity index (χ1v) is 17.7. The van der Waals surface area contributed by atoms with Crippen molar-refractivity contribution in [3.05, 3.63) is 193 Å². The summed E-state index contributed by atoms with van der Waals surface area (Å²) in [4.78, 5) is 0. The van der Waals surface area contributed by atoms with Crippen LogP contribution >= 0.6 is 15.9 Å². The van der Waals surface area contributed by atoms with Crippen molar-refractivity contribution >= 4 is 44.8 Å². The van der Waals surface area contributed by atoms with E-state index in [0.29, 0.717) is 0 Å². The fourth-order valence-corrected chi connectivity index (χ4v) is 11.3. The van der Waals surface area contributed by atoms with Gasteiger partial charge in [0.15, 0.2) is 8.07 Å². The van der Waals surface area contributed by atoms with Gasteiger partial charge in [-0.05, 0) is 66.3 Å². The molecule has 0 saturated heterocycles. The van der Waals surface area contributed by atoms with E-state index in [9.17, 15) is 0 Å². The van der Waals surface area contributed by atoms with Crippen LogP contribution in [0, 0.1) is 0 Å². The lowest BCUT2D eigenvalue weighted by Gasteiger charge is -2.35. The van der Waals surface area contributed by atoms with Crippen LogP contribution in [0.25, 0.3) is 33.4 Å². The molecule has 0 aliphatic carbocycles. The summed E-state index contributed by atoms with van der Waals surface area (Å²) in [5.74, 6) is 0. The molecule has 0 spiro atoms. The molecular formula is C42H31BrSi. The molecule has 2 heteroatoms. The summed E-state index contributed by atoms with van der Waals surface area (Å²) < 4.78 is 1.09. The second kappa shape index (κ2) is 12.5. The van der Waals surface area contributed by atoms with Crippen LogP contribution in [0.5, 0.6) is 0 Å². The molecule has 44 heavy (non-hydrogen) atoms. The van der Waals surface area contributed by atoms with Gasteiger partial charge in [0.2, 0.25) is 0 Å². The molecule has 0 aromatic heterocycles. The SMILES string of the molecule is Brc1ccc([Si](c2ccc(-c3ccccc3)cc2)(c2ccc(-c3ccccc3)cc2)c2ccc(-c3ccccc3)cc2)cc1. The monoisotopic (exact) mass is 642 g/mol. The van der Waals surface area contributed by atoms with E-state index in [1.54, 1.807) is 0 Å². The number of halogens is 1. The number of rotatable bonds is 7. The van der Waals surface area contributed by atoms with Gasteiger partial charge in [-0.2, -0.15) is 0 Å². The second-order valence-corrected chi connectivity index (χ2v) is 15.8. The zero-order valence-electron chi connectivity index (χ0n) is 24.3. The van der Waals surface area contributed by atoms with E-state index in [0.717, 1.165) is 4.47 Å². The van der Waals surface area contributed by atoms with E-state index >= 15 is 0 Å². The third-order valence-electron chi connectivity index (χ3n) is 8.55. The maximum Gasteiger partial charge on any atom is 0.179 e. The molecule has 0 fully saturated rings. The van der Waals surface area contributed by atoms with Crippen molar-refractivity contribution in [3.63, 3.8) is 0 Å². The van der Waals surface area contributed by atoms with Gasteiger partial charge in [-0.1, -0.05) is 192 Å². The Kier molecular flexibility index (Phi) is 7.94. The van der Waals surface area contributed by atoms with Crippen LogP contribution in [0.3, 0.4) is 0 Å². The Hall–Kier alpha value is -4.76. The smallest absolute Gasteiger partial charge is 0.0622 e. The van der Waals surface area contributed by atoms with E-state index in [-0.39, 0.29) is 0 Å². The van der Waals surface area contributed by atoms with Gasteiger partial charge < -0.3 is 0 Å². The number of benzene rings is 7. The first-order chi connectivity index (χ1) is 21.7. The van der Waals surface area contributed by atoms with Gasteiger partial charge in [0.1, 0.15) is 0 Å². The highest BCUT2D eigenvalue weighted by Gasteiger charge is 2.41. The summed E-state index contributed by atoms with van der Waals surface area (Å²) in [6.45, 7) is 0.